The first kappa shape index (κ1) is 18.3. The van der Waals surface area contributed by atoms with Gasteiger partial charge in [-0.25, -0.2) is 12.8 Å². The van der Waals surface area contributed by atoms with Crippen LogP contribution in [0.2, 0.25) is 0 Å². The first-order chi connectivity index (χ1) is 11.9. The largest absolute Gasteiger partial charge is 0.336 e. The zero-order valence-electron chi connectivity index (χ0n) is 14.4. The van der Waals surface area contributed by atoms with Gasteiger partial charge in [-0.1, -0.05) is 12.1 Å². The standard InChI is InChI=1S/C17H24FN3O3S/c1-2-25(23,24)21-9-3-8-19-10-11-20(17(22)16(19)13-21)12-14-4-6-15(18)7-5-14/h4-7,16H,2-3,8-13H2,1H3. The molecule has 2 saturated heterocycles. The van der Waals surface area contributed by atoms with Gasteiger partial charge < -0.3 is 4.90 Å². The van der Waals surface area contributed by atoms with Crippen LogP contribution in [0.25, 0.3) is 0 Å². The minimum atomic E-state index is -3.31. The molecule has 8 heteroatoms. The molecule has 0 bridgehead atoms. The maximum Gasteiger partial charge on any atom is 0.241 e. The highest BCUT2D eigenvalue weighted by molar-refractivity contribution is 7.89. The topological polar surface area (TPSA) is 60.9 Å². The van der Waals surface area contributed by atoms with E-state index in [-0.39, 0.29) is 24.0 Å². The first-order valence-electron chi connectivity index (χ1n) is 8.66. The average molecular weight is 369 g/mol. The van der Waals surface area contributed by atoms with Gasteiger partial charge in [0.2, 0.25) is 15.9 Å². The van der Waals surface area contributed by atoms with Gasteiger partial charge in [0.05, 0.1) is 5.75 Å². The Morgan fingerprint density at radius 2 is 1.84 bits per heavy atom. The number of nitrogens with zero attached hydrogens (tertiary/aromatic N) is 3. The van der Waals surface area contributed by atoms with Gasteiger partial charge in [0.15, 0.2) is 0 Å². The number of carbonyl (C=O) groups is 1. The summed E-state index contributed by atoms with van der Waals surface area (Å²) in [6.45, 7) is 4.80. The molecule has 25 heavy (non-hydrogen) atoms. The van der Waals surface area contributed by atoms with E-state index < -0.39 is 16.1 Å². The van der Waals surface area contributed by atoms with E-state index >= 15 is 0 Å². The van der Waals surface area contributed by atoms with E-state index in [1.807, 2.05) is 0 Å². The molecule has 1 amide bonds. The van der Waals surface area contributed by atoms with Crippen molar-refractivity contribution in [1.29, 1.82) is 0 Å². The predicted molar refractivity (Wildman–Crippen MR) is 92.8 cm³/mol. The van der Waals surface area contributed by atoms with Crippen molar-refractivity contribution in [2.24, 2.45) is 0 Å². The maximum atomic E-state index is 13.0. The number of hydrogen-bond donors (Lipinski definition) is 0. The maximum absolute atomic E-state index is 13.0. The van der Waals surface area contributed by atoms with Crippen molar-refractivity contribution in [2.45, 2.75) is 25.9 Å². The van der Waals surface area contributed by atoms with Crippen LogP contribution in [0.15, 0.2) is 24.3 Å². The van der Waals surface area contributed by atoms with Crippen molar-refractivity contribution in [2.75, 3.05) is 38.5 Å². The third-order valence-corrected chi connectivity index (χ3v) is 6.82. The highest BCUT2D eigenvalue weighted by Crippen LogP contribution is 2.20. The van der Waals surface area contributed by atoms with Crippen LogP contribution in [-0.2, 0) is 21.4 Å². The average Bonchev–Trinajstić information content (AvgIpc) is 2.83. The summed E-state index contributed by atoms with van der Waals surface area (Å²) in [5.41, 5.74) is 0.870. The summed E-state index contributed by atoms with van der Waals surface area (Å²) in [4.78, 5) is 16.8. The number of amides is 1. The van der Waals surface area contributed by atoms with Crippen LogP contribution in [0.5, 0.6) is 0 Å². The molecular weight excluding hydrogens is 345 g/mol. The number of carbonyl (C=O) groups excluding carboxylic acids is 1. The Labute approximate surface area is 148 Å². The van der Waals surface area contributed by atoms with Crippen LogP contribution in [0.3, 0.4) is 0 Å². The lowest BCUT2D eigenvalue weighted by molar-refractivity contribution is -0.142. The molecule has 2 aliphatic heterocycles. The summed E-state index contributed by atoms with van der Waals surface area (Å²) in [7, 11) is -3.31. The summed E-state index contributed by atoms with van der Waals surface area (Å²) in [6, 6.07) is 5.69. The molecule has 2 aliphatic rings. The molecule has 1 atom stereocenters. The quantitative estimate of drug-likeness (QED) is 0.791. The van der Waals surface area contributed by atoms with E-state index in [0.717, 1.165) is 25.1 Å². The molecule has 3 rings (SSSR count). The predicted octanol–water partition coefficient (Wildman–Crippen LogP) is 0.894. The van der Waals surface area contributed by atoms with Crippen LogP contribution in [-0.4, -0.2) is 72.9 Å². The van der Waals surface area contributed by atoms with Crippen LogP contribution < -0.4 is 0 Å². The summed E-state index contributed by atoms with van der Waals surface area (Å²) in [5, 5.41) is 0. The van der Waals surface area contributed by atoms with Gasteiger partial charge in [0, 0.05) is 39.3 Å². The molecule has 0 aliphatic carbocycles. The molecule has 1 aromatic carbocycles. The lowest BCUT2D eigenvalue weighted by atomic mass is 10.1. The van der Waals surface area contributed by atoms with Gasteiger partial charge in [-0.3, -0.25) is 9.69 Å². The van der Waals surface area contributed by atoms with E-state index in [0.29, 0.717) is 19.6 Å². The summed E-state index contributed by atoms with van der Waals surface area (Å²) in [6.07, 6.45) is 0.737. The summed E-state index contributed by atoms with van der Waals surface area (Å²) >= 11 is 0. The van der Waals surface area contributed by atoms with E-state index in [9.17, 15) is 17.6 Å². The van der Waals surface area contributed by atoms with E-state index in [1.165, 1.54) is 16.4 Å². The van der Waals surface area contributed by atoms with Gasteiger partial charge >= 0.3 is 0 Å². The van der Waals surface area contributed by atoms with Crippen molar-refractivity contribution in [3.63, 3.8) is 0 Å². The highest BCUT2D eigenvalue weighted by Gasteiger charge is 2.39. The zero-order chi connectivity index (χ0) is 18.0. The molecule has 0 radical (unpaired) electrons. The van der Waals surface area contributed by atoms with Crippen molar-refractivity contribution >= 4 is 15.9 Å². The normalized spacial score (nSPS) is 23.4. The minimum Gasteiger partial charge on any atom is -0.336 e. The second-order valence-electron chi connectivity index (χ2n) is 6.55. The van der Waals surface area contributed by atoms with E-state index in [2.05, 4.69) is 4.90 Å². The second-order valence-corrected chi connectivity index (χ2v) is 8.81. The van der Waals surface area contributed by atoms with E-state index in [1.54, 1.807) is 24.0 Å². The molecule has 1 unspecified atom stereocenters. The molecule has 0 spiro atoms. The van der Waals surface area contributed by atoms with Crippen molar-refractivity contribution in [3.8, 4) is 0 Å². The number of hydrogen-bond acceptors (Lipinski definition) is 4. The van der Waals surface area contributed by atoms with Gasteiger partial charge in [0.25, 0.3) is 0 Å². The van der Waals surface area contributed by atoms with Crippen molar-refractivity contribution in [3.05, 3.63) is 35.6 Å². The fourth-order valence-corrected chi connectivity index (χ4v) is 4.62. The molecular formula is C17H24FN3O3S. The highest BCUT2D eigenvalue weighted by atomic mass is 32.2. The fourth-order valence-electron chi connectivity index (χ4n) is 3.48. The first-order valence-corrected chi connectivity index (χ1v) is 10.3. The van der Waals surface area contributed by atoms with Crippen LogP contribution in [0.4, 0.5) is 4.39 Å². The SMILES string of the molecule is CCS(=O)(=O)N1CCCN2CCN(Cc3ccc(F)cc3)C(=O)C2C1. The Balaban J connectivity index is 1.75. The van der Waals surface area contributed by atoms with Gasteiger partial charge in [0.1, 0.15) is 11.9 Å². The molecule has 0 aromatic heterocycles. The van der Waals surface area contributed by atoms with Crippen molar-refractivity contribution < 1.29 is 17.6 Å². The van der Waals surface area contributed by atoms with Crippen molar-refractivity contribution in [1.82, 2.24) is 14.1 Å². The lowest BCUT2D eigenvalue weighted by Gasteiger charge is -2.40. The lowest BCUT2D eigenvalue weighted by Crippen LogP contribution is -2.59. The number of piperazine rings is 1. The number of benzene rings is 1. The Bertz CT molecular complexity index is 723. The molecule has 2 fully saturated rings. The van der Waals surface area contributed by atoms with Crippen LogP contribution in [0, 0.1) is 5.82 Å². The molecule has 2 heterocycles. The Kier molecular flexibility index (Phi) is 5.41. The molecule has 6 nitrogen and oxygen atoms in total. The molecule has 138 valence electrons. The molecule has 1 aromatic rings. The second kappa shape index (κ2) is 7.39. The summed E-state index contributed by atoms with van der Waals surface area (Å²) in [5.74, 6) is -0.300. The monoisotopic (exact) mass is 369 g/mol. The number of rotatable bonds is 4. The van der Waals surface area contributed by atoms with Gasteiger partial charge in [-0.15, -0.1) is 0 Å². The Hall–Kier alpha value is -1.51. The Morgan fingerprint density at radius 1 is 1.12 bits per heavy atom. The van der Waals surface area contributed by atoms with Crippen LogP contribution in [0.1, 0.15) is 18.9 Å². The smallest absolute Gasteiger partial charge is 0.241 e. The zero-order valence-corrected chi connectivity index (χ0v) is 15.2. The van der Waals surface area contributed by atoms with E-state index in [4.69, 9.17) is 0 Å². The number of fused-ring (bicyclic) bond motifs is 1. The minimum absolute atomic E-state index is 0.0474. The molecule has 0 saturated carbocycles. The fraction of sp³-hybridized carbons (Fsp3) is 0.588. The van der Waals surface area contributed by atoms with Gasteiger partial charge in [-0.2, -0.15) is 4.31 Å². The number of sulfonamides is 1. The Morgan fingerprint density at radius 3 is 2.52 bits per heavy atom. The summed E-state index contributed by atoms with van der Waals surface area (Å²) < 4.78 is 39.0. The number of halogens is 1. The van der Waals surface area contributed by atoms with Gasteiger partial charge in [-0.05, 0) is 31.0 Å². The van der Waals surface area contributed by atoms with Crippen LogP contribution >= 0.6 is 0 Å². The third-order valence-electron chi connectivity index (χ3n) is 4.97. The third kappa shape index (κ3) is 4.02. The molecule has 0 N–H and O–H groups in total.